The second-order valence-corrected chi connectivity index (χ2v) is 9.50. The van der Waals surface area contributed by atoms with Crippen LogP contribution in [0.5, 0.6) is 5.75 Å². The summed E-state index contributed by atoms with van der Waals surface area (Å²) in [6.07, 6.45) is 3.31. The highest BCUT2D eigenvalue weighted by atomic mass is 32.2. The summed E-state index contributed by atoms with van der Waals surface area (Å²) < 4.78 is 29.3. The monoisotopic (exact) mass is 379 g/mol. The van der Waals surface area contributed by atoms with Gasteiger partial charge in [-0.2, -0.15) is 0 Å². The number of hydrogen-bond acceptors (Lipinski definition) is 5. The van der Waals surface area contributed by atoms with Gasteiger partial charge in [-0.1, -0.05) is 6.07 Å². The van der Waals surface area contributed by atoms with Crippen LogP contribution in [-0.2, 0) is 29.2 Å². The van der Waals surface area contributed by atoms with Crippen LogP contribution in [0.1, 0.15) is 23.1 Å². The van der Waals surface area contributed by atoms with E-state index in [1.165, 1.54) is 11.1 Å². The average Bonchev–Trinajstić information content (AvgIpc) is 3.19. The van der Waals surface area contributed by atoms with Crippen LogP contribution in [0.3, 0.4) is 0 Å². The van der Waals surface area contributed by atoms with Crippen LogP contribution in [0, 0.1) is 0 Å². The summed E-state index contributed by atoms with van der Waals surface area (Å²) in [5, 5.41) is 6.18. The van der Waals surface area contributed by atoms with Crippen LogP contribution in [0.15, 0.2) is 12.1 Å². The van der Waals surface area contributed by atoms with Gasteiger partial charge in [-0.3, -0.25) is 0 Å². The third-order valence-electron chi connectivity index (χ3n) is 5.67. The molecule has 2 unspecified atom stereocenters. The molecule has 7 nitrogen and oxygen atoms in total. The largest absolute Gasteiger partial charge is 0.496 e. The van der Waals surface area contributed by atoms with Gasteiger partial charge in [0.1, 0.15) is 5.75 Å². The van der Waals surface area contributed by atoms with Crippen molar-refractivity contribution < 1.29 is 17.9 Å². The minimum atomic E-state index is -3.08. The van der Waals surface area contributed by atoms with E-state index >= 15 is 0 Å². The molecule has 0 radical (unpaired) electrons. The first kappa shape index (κ1) is 17.6. The predicted molar refractivity (Wildman–Crippen MR) is 98.2 cm³/mol. The Labute approximate surface area is 154 Å². The molecule has 26 heavy (non-hydrogen) atoms. The minimum absolute atomic E-state index is 0.0419. The van der Waals surface area contributed by atoms with Crippen LogP contribution < -0.4 is 15.4 Å². The highest BCUT2D eigenvalue weighted by Gasteiger charge is 2.44. The Kier molecular flexibility index (Phi) is 4.56. The van der Waals surface area contributed by atoms with Gasteiger partial charge in [-0.15, -0.1) is 0 Å². The maximum atomic E-state index is 12.7. The first-order chi connectivity index (χ1) is 12.5. The molecule has 0 aromatic heterocycles. The quantitative estimate of drug-likeness (QED) is 0.797. The molecule has 2 atom stereocenters. The fourth-order valence-electron chi connectivity index (χ4n) is 4.37. The summed E-state index contributed by atoms with van der Waals surface area (Å²) in [5.41, 5.74) is 3.63. The lowest BCUT2D eigenvalue weighted by Gasteiger charge is -2.37. The highest BCUT2D eigenvalue weighted by molar-refractivity contribution is 7.91. The van der Waals surface area contributed by atoms with E-state index in [2.05, 4.69) is 22.8 Å². The summed E-state index contributed by atoms with van der Waals surface area (Å²) in [7, 11) is -1.44. The number of methoxy groups -OCH3 is 1. The number of hydrogen-bond donors (Lipinski definition) is 2. The fraction of sp³-hybridized carbons (Fsp3) is 0.611. The Hall–Kier alpha value is -1.80. The minimum Gasteiger partial charge on any atom is -0.496 e. The lowest BCUT2D eigenvalue weighted by Crippen LogP contribution is -2.60. The summed E-state index contributed by atoms with van der Waals surface area (Å²) in [4.78, 5) is 14.4. The van der Waals surface area contributed by atoms with Crippen LogP contribution in [-0.4, -0.2) is 63.1 Å². The molecule has 0 saturated carbocycles. The zero-order valence-corrected chi connectivity index (χ0v) is 15.8. The van der Waals surface area contributed by atoms with E-state index in [0.717, 1.165) is 30.6 Å². The van der Waals surface area contributed by atoms with E-state index in [0.29, 0.717) is 19.6 Å². The first-order valence-corrected chi connectivity index (χ1v) is 11.0. The number of rotatable bonds is 3. The topological polar surface area (TPSA) is 87.7 Å². The lowest BCUT2D eigenvalue weighted by molar-refractivity contribution is 0.151. The molecule has 8 heteroatoms. The molecule has 142 valence electrons. The Morgan fingerprint density at radius 1 is 1.31 bits per heavy atom. The third-order valence-corrected chi connectivity index (χ3v) is 7.38. The number of urea groups is 1. The van der Waals surface area contributed by atoms with Crippen molar-refractivity contribution in [3.8, 4) is 5.75 Å². The molecule has 2 amide bonds. The molecular formula is C18H25N3O4S. The Morgan fingerprint density at radius 3 is 2.85 bits per heavy atom. The maximum Gasteiger partial charge on any atom is 0.318 e. The van der Waals surface area contributed by atoms with Gasteiger partial charge >= 0.3 is 6.03 Å². The van der Waals surface area contributed by atoms with Crippen molar-refractivity contribution in [1.29, 1.82) is 0 Å². The number of carbonyl (C=O) groups excluding carboxylic acids is 1. The third kappa shape index (κ3) is 3.27. The number of fused-ring (bicyclic) bond motifs is 2. The van der Waals surface area contributed by atoms with Crippen molar-refractivity contribution in [2.45, 2.75) is 37.9 Å². The van der Waals surface area contributed by atoms with Gasteiger partial charge in [0.15, 0.2) is 9.84 Å². The number of sulfone groups is 1. The van der Waals surface area contributed by atoms with Gasteiger partial charge in [0.05, 0.1) is 24.7 Å². The van der Waals surface area contributed by atoms with Crippen molar-refractivity contribution in [1.82, 2.24) is 15.5 Å². The van der Waals surface area contributed by atoms with E-state index in [4.69, 9.17) is 4.74 Å². The molecule has 2 saturated heterocycles. The lowest BCUT2D eigenvalue weighted by atomic mass is 10.0. The summed E-state index contributed by atoms with van der Waals surface area (Å²) in [6, 6.07) is 3.56. The van der Waals surface area contributed by atoms with E-state index < -0.39 is 9.84 Å². The van der Waals surface area contributed by atoms with Gasteiger partial charge in [0, 0.05) is 31.2 Å². The van der Waals surface area contributed by atoms with Crippen molar-refractivity contribution in [3.63, 3.8) is 0 Å². The number of nitrogens with zero attached hydrogens (tertiary/aromatic N) is 1. The van der Waals surface area contributed by atoms with E-state index in [9.17, 15) is 13.2 Å². The van der Waals surface area contributed by atoms with Crippen LogP contribution in [0.2, 0.25) is 0 Å². The van der Waals surface area contributed by atoms with E-state index in [1.807, 2.05) is 0 Å². The number of aryl methyl sites for hydroxylation is 2. The summed E-state index contributed by atoms with van der Waals surface area (Å²) >= 11 is 0. The molecule has 4 rings (SSSR count). The fourth-order valence-corrected chi connectivity index (χ4v) is 6.33. The smallest absolute Gasteiger partial charge is 0.318 e. The number of piperazine rings is 1. The van der Waals surface area contributed by atoms with Gasteiger partial charge in [-0.05, 0) is 36.5 Å². The van der Waals surface area contributed by atoms with Gasteiger partial charge in [0.25, 0.3) is 0 Å². The van der Waals surface area contributed by atoms with Gasteiger partial charge in [-0.25, -0.2) is 13.2 Å². The van der Waals surface area contributed by atoms with Crippen LogP contribution in [0.4, 0.5) is 4.79 Å². The van der Waals surface area contributed by atoms with E-state index in [1.54, 1.807) is 12.0 Å². The zero-order chi connectivity index (χ0) is 18.3. The van der Waals surface area contributed by atoms with Crippen LogP contribution >= 0.6 is 0 Å². The normalized spacial score (nSPS) is 26.3. The Bertz CT molecular complexity index is 824. The molecule has 2 N–H and O–H groups in total. The highest BCUT2D eigenvalue weighted by Crippen LogP contribution is 2.30. The van der Waals surface area contributed by atoms with Gasteiger partial charge < -0.3 is 20.3 Å². The molecule has 1 aromatic rings. The zero-order valence-electron chi connectivity index (χ0n) is 15.0. The van der Waals surface area contributed by atoms with E-state index in [-0.39, 0.29) is 29.6 Å². The average molecular weight is 379 g/mol. The second kappa shape index (κ2) is 6.74. The molecule has 0 spiro atoms. The molecule has 2 heterocycles. The second-order valence-electron chi connectivity index (χ2n) is 7.34. The number of nitrogens with one attached hydrogen (secondary N) is 2. The maximum absolute atomic E-state index is 12.7. The van der Waals surface area contributed by atoms with Crippen molar-refractivity contribution in [2.75, 3.05) is 31.7 Å². The Balaban J connectivity index is 1.46. The molecular weight excluding hydrogens is 354 g/mol. The number of ether oxygens (including phenoxy) is 1. The number of benzene rings is 1. The van der Waals surface area contributed by atoms with Gasteiger partial charge in [0.2, 0.25) is 0 Å². The standard InChI is InChI=1S/C18H25N3O4S/c1-25-17-8-13-4-2-3-12(13)7-14(17)9-20-18(22)21-6-5-19-15-10-26(23,24)11-16(15)21/h7-8,15-16,19H,2-6,9-11H2,1H3,(H,20,22). The molecule has 2 aliphatic heterocycles. The molecule has 3 aliphatic rings. The van der Waals surface area contributed by atoms with Crippen molar-refractivity contribution >= 4 is 15.9 Å². The summed E-state index contributed by atoms with van der Waals surface area (Å²) in [6.45, 7) is 1.51. The number of amides is 2. The number of carbonyl (C=O) groups is 1. The SMILES string of the molecule is COc1cc2c(cc1CNC(=O)N1CCNC3CS(=O)(=O)CC31)CCC2. The molecule has 0 bridgehead atoms. The first-order valence-electron chi connectivity index (χ1n) is 9.14. The molecule has 1 aromatic carbocycles. The van der Waals surface area contributed by atoms with Crippen molar-refractivity contribution in [2.24, 2.45) is 0 Å². The molecule has 1 aliphatic carbocycles. The predicted octanol–water partition coefficient (Wildman–Crippen LogP) is 0.464. The summed E-state index contributed by atoms with van der Waals surface area (Å²) in [5.74, 6) is 0.952. The van der Waals surface area contributed by atoms with Crippen molar-refractivity contribution in [3.05, 3.63) is 28.8 Å². The van der Waals surface area contributed by atoms with Crippen LogP contribution in [0.25, 0.3) is 0 Å². The molecule has 2 fully saturated rings. The Morgan fingerprint density at radius 2 is 2.08 bits per heavy atom.